The molecule has 0 saturated carbocycles. The highest BCUT2D eigenvalue weighted by atomic mass is 16.1. The van der Waals surface area contributed by atoms with Crippen molar-refractivity contribution in [2.45, 2.75) is 13.3 Å². The Morgan fingerprint density at radius 2 is 2.20 bits per heavy atom. The molecule has 2 N–H and O–H groups in total. The Hall–Kier alpha value is -1.16. The van der Waals surface area contributed by atoms with Gasteiger partial charge in [-0.1, -0.05) is 12.2 Å². The van der Waals surface area contributed by atoms with Crippen LogP contribution in [-0.4, -0.2) is 39.3 Å². The maximum absolute atomic E-state index is 10.7. The zero-order valence-electron chi connectivity index (χ0n) is 9.79. The van der Waals surface area contributed by atoms with Crippen molar-refractivity contribution in [2.24, 2.45) is 10.9 Å². The van der Waals surface area contributed by atoms with Crippen molar-refractivity contribution in [1.82, 2.24) is 10.6 Å². The molecule has 1 unspecified atom stereocenters. The molecule has 0 aromatic carbocycles. The van der Waals surface area contributed by atoms with E-state index in [0.717, 1.165) is 18.5 Å². The number of aliphatic imine (C=N–C) groups is 1. The molecule has 0 aliphatic heterocycles. The Morgan fingerprint density at radius 1 is 1.47 bits per heavy atom. The molecule has 0 aliphatic carbocycles. The Labute approximate surface area is 91.9 Å². The topological polar surface area (TPSA) is 53.5 Å². The molecule has 0 bridgehead atoms. The normalized spacial score (nSPS) is 14.2. The predicted octanol–water partition coefficient (Wildman–Crippen LogP) is 0.605. The summed E-state index contributed by atoms with van der Waals surface area (Å²) in [5, 5.41) is 6.15. The number of carbonyl (C=O) groups excluding carboxylic acids is 1. The summed E-state index contributed by atoms with van der Waals surface area (Å²) in [5.74, 6) is 0.911. The molecule has 4 nitrogen and oxygen atoms in total. The Bertz CT molecular complexity index is 224. The summed E-state index contributed by atoms with van der Waals surface area (Å²) in [6, 6.07) is 0. The number of hydrogen-bond donors (Lipinski definition) is 2. The fraction of sp³-hybridized carbons (Fsp3) is 0.636. The summed E-state index contributed by atoms with van der Waals surface area (Å²) >= 11 is 0. The van der Waals surface area contributed by atoms with Crippen LogP contribution in [0.4, 0.5) is 0 Å². The van der Waals surface area contributed by atoms with Gasteiger partial charge in [-0.15, -0.1) is 0 Å². The van der Waals surface area contributed by atoms with Gasteiger partial charge in [-0.2, -0.15) is 0 Å². The number of nitrogens with one attached hydrogen (secondary N) is 2. The highest BCUT2D eigenvalue weighted by Crippen LogP contribution is 1.90. The highest BCUT2D eigenvalue weighted by molar-refractivity contribution is 5.83. The van der Waals surface area contributed by atoms with Crippen LogP contribution in [0.15, 0.2) is 17.1 Å². The predicted molar refractivity (Wildman–Crippen MR) is 64.3 cm³/mol. The maximum atomic E-state index is 10.7. The van der Waals surface area contributed by atoms with Crippen molar-refractivity contribution in [3.63, 3.8) is 0 Å². The summed E-state index contributed by atoms with van der Waals surface area (Å²) in [4.78, 5) is 14.8. The fourth-order valence-corrected chi connectivity index (χ4v) is 1.15. The van der Waals surface area contributed by atoms with E-state index in [2.05, 4.69) is 15.6 Å². The third kappa shape index (κ3) is 6.85. The average Bonchev–Trinajstić information content (AvgIpc) is 2.27. The fourth-order valence-electron chi connectivity index (χ4n) is 1.15. The van der Waals surface area contributed by atoms with Gasteiger partial charge in [0, 0.05) is 32.5 Å². The van der Waals surface area contributed by atoms with E-state index in [1.54, 1.807) is 7.05 Å². The van der Waals surface area contributed by atoms with Crippen molar-refractivity contribution in [3.05, 3.63) is 12.2 Å². The highest BCUT2D eigenvalue weighted by Gasteiger charge is 2.06. The first-order chi connectivity index (χ1) is 7.28. The maximum Gasteiger partial charge on any atom is 0.126 e. The van der Waals surface area contributed by atoms with E-state index in [4.69, 9.17) is 0 Å². The van der Waals surface area contributed by atoms with Crippen LogP contribution in [0.5, 0.6) is 0 Å². The summed E-state index contributed by atoms with van der Waals surface area (Å²) < 4.78 is 0. The minimum atomic E-state index is -0.00245. The van der Waals surface area contributed by atoms with Gasteiger partial charge in [-0.3, -0.25) is 4.99 Å². The van der Waals surface area contributed by atoms with Gasteiger partial charge in [0.25, 0.3) is 0 Å². The third-order valence-electron chi connectivity index (χ3n) is 2.04. The molecule has 0 radical (unpaired) electrons. The van der Waals surface area contributed by atoms with Gasteiger partial charge in [0.15, 0.2) is 0 Å². The van der Waals surface area contributed by atoms with E-state index in [1.165, 1.54) is 0 Å². The van der Waals surface area contributed by atoms with Gasteiger partial charge in [-0.05, 0) is 14.0 Å². The van der Waals surface area contributed by atoms with E-state index in [1.807, 2.05) is 26.1 Å². The molecule has 15 heavy (non-hydrogen) atoms. The molecular weight excluding hydrogens is 190 g/mol. The van der Waals surface area contributed by atoms with Gasteiger partial charge in [0.05, 0.1) is 5.84 Å². The second-order valence-electron chi connectivity index (χ2n) is 3.28. The van der Waals surface area contributed by atoms with Crippen LogP contribution in [-0.2, 0) is 4.79 Å². The number of amidine groups is 1. The Kier molecular flexibility index (Phi) is 8.67. The first-order valence-electron chi connectivity index (χ1n) is 5.19. The number of carbonyl (C=O) groups is 1. The van der Waals surface area contributed by atoms with Crippen molar-refractivity contribution in [1.29, 1.82) is 0 Å². The first-order valence-corrected chi connectivity index (χ1v) is 5.19. The lowest BCUT2D eigenvalue weighted by atomic mass is 10.1. The third-order valence-corrected chi connectivity index (χ3v) is 2.04. The van der Waals surface area contributed by atoms with Crippen LogP contribution in [0, 0.1) is 5.92 Å². The average molecular weight is 211 g/mol. The number of aldehydes is 1. The zero-order valence-corrected chi connectivity index (χ0v) is 9.79. The van der Waals surface area contributed by atoms with Gasteiger partial charge in [-0.25, -0.2) is 0 Å². The molecular formula is C11H21N3O. The second kappa shape index (κ2) is 9.40. The molecule has 0 fully saturated rings. The minimum absolute atomic E-state index is 0.00245. The summed E-state index contributed by atoms with van der Waals surface area (Å²) in [7, 11) is 3.59. The molecule has 1 atom stereocenters. The lowest BCUT2D eigenvalue weighted by Gasteiger charge is -2.12. The molecule has 86 valence electrons. The molecule has 0 spiro atoms. The van der Waals surface area contributed by atoms with Gasteiger partial charge >= 0.3 is 0 Å². The van der Waals surface area contributed by atoms with E-state index < -0.39 is 0 Å². The van der Waals surface area contributed by atoms with Crippen molar-refractivity contribution in [3.8, 4) is 0 Å². The van der Waals surface area contributed by atoms with Crippen LogP contribution in [0.2, 0.25) is 0 Å². The van der Waals surface area contributed by atoms with Crippen LogP contribution >= 0.6 is 0 Å². The Morgan fingerprint density at radius 3 is 2.67 bits per heavy atom. The van der Waals surface area contributed by atoms with E-state index in [-0.39, 0.29) is 5.92 Å². The van der Waals surface area contributed by atoms with E-state index >= 15 is 0 Å². The Balaban J connectivity index is 3.92. The summed E-state index contributed by atoms with van der Waals surface area (Å²) in [6.07, 6.45) is 5.77. The smallest absolute Gasteiger partial charge is 0.126 e. The van der Waals surface area contributed by atoms with Crippen LogP contribution < -0.4 is 10.6 Å². The lowest BCUT2D eigenvalue weighted by Crippen LogP contribution is -2.34. The van der Waals surface area contributed by atoms with Crippen LogP contribution in [0.1, 0.15) is 13.3 Å². The number of hydrogen-bond acceptors (Lipinski definition) is 3. The molecule has 0 rings (SSSR count). The second-order valence-corrected chi connectivity index (χ2v) is 3.28. The summed E-state index contributed by atoms with van der Waals surface area (Å²) in [6.45, 7) is 3.30. The quantitative estimate of drug-likeness (QED) is 0.281. The van der Waals surface area contributed by atoms with E-state index in [0.29, 0.717) is 13.1 Å². The number of rotatable bonds is 7. The SMILES string of the molecule is C/C=C\CC(=NC)NCC(C=O)CNC. The number of allylic oxidation sites excluding steroid dienone is 1. The van der Waals surface area contributed by atoms with Crippen molar-refractivity contribution >= 4 is 12.1 Å². The van der Waals surface area contributed by atoms with Gasteiger partial charge in [0.1, 0.15) is 6.29 Å². The molecule has 4 heteroatoms. The number of nitrogens with zero attached hydrogens (tertiary/aromatic N) is 1. The molecule has 0 saturated heterocycles. The molecule has 0 aliphatic rings. The van der Waals surface area contributed by atoms with Crippen molar-refractivity contribution < 1.29 is 4.79 Å². The van der Waals surface area contributed by atoms with Crippen LogP contribution in [0.3, 0.4) is 0 Å². The van der Waals surface area contributed by atoms with Crippen molar-refractivity contribution in [2.75, 3.05) is 27.2 Å². The van der Waals surface area contributed by atoms with Gasteiger partial charge in [0.2, 0.25) is 0 Å². The first kappa shape index (κ1) is 13.8. The largest absolute Gasteiger partial charge is 0.373 e. The van der Waals surface area contributed by atoms with Gasteiger partial charge < -0.3 is 15.4 Å². The lowest BCUT2D eigenvalue weighted by molar-refractivity contribution is -0.110. The van der Waals surface area contributed by atoms with Crippen LogP contribution in [0.25, 0.3) is 0 Å². The molecule has 0 amide bonds. The summed E-state index contributed by atoms with van der Waals surface area (Å²) in [5.41, 5.74) is 0. The standard InChI is InChI=1S/C11H21N3O/c1-4-5-6-11(13-3)14-8-10(9-15)7-12-2/h4-5,9-10,12H,6-8H2,1-3H3,(H,13,14)/b5-4-. The zero-order chi connectivity index (χ0) is 11.5. The molecule has 0 aromatic heterocycles. The monoisotopic (exact) mass is 211 g/mol. The molecule has 0 aromatic rings. The van der Waals surface area contributed by atoms with E-state index in [9.17, 15) is 4.79 Å². The molecule has 0 heterocycles. The minimum Gasteiger partial charge on any atom is -0.373 e.